The summed E-state index contributed by atoms with van der Waals surface area (Å²) >= 11 is 0. The zero-order valence-corrected chi connectivity index (χ0v) is 17.3. The van der Waals surface area contributed by atoms with Gasteiger partial charge in [0, 0.05) is 0 Å². The van der Waals surface area contributed by atoms with Crippen molar-refractivity contribution < 1.29 is 14.5 Å². The lowest BCUT2D eigenvalue weighted by atomic mass is 10.0. The minimum Gasteiger partial charge on any atom is -0.341 e. The molecule has 30 heavy (non-hydrogen) atoms. The number of quaternary nitrogens is 1. The van der Waals surface area contributed by atoms with Gasteiger partial charge in [-0.1, -0.05) is 42.5 Å². The maximum absolute atomic E-state index is 12.6. The average Bonchev–Trinajstić information content (AvgIpc) is 2.73. The molecule has 1 unspecified atom stereocenters. The number of aromatic nitrogens is 2. The highest BCUT2D eigenvalue weighted by atomic mass is 16.2. The number of fused-ring (bicyclic) bond motifs is 1. The number of carbonyl (C=O) groups excluding carboxylic acids is 2. The maximum Gasteiger partial charge on any atom is 0.275 e. The van der Waals surface area contributed by atoms with Gasteiger partial charge in [0.05, 0.1) is 23.5 Å². The van der Waals surface area contributed by atoms with Gasteiger partial charge in [0.25, 0.3) is 11.5 Å². The molecule has 0 aliphatic rings. The van der Waals surface area contributed by atoms with Crippen LogP contribution in [0, 0.1) is 0 Å². The molecule has 3 rings (SSSR count). The summed E-state index contributed by atoms with van der Waals surface area (Å²) in [6.07, 6.45) is 0.461. The summed E-state index contributed by atoms with van der Waals surface area (Å²) in [7, 11) is 0. The average molecular weight is 407 g/mol. The molecule has 2 aromatic carbocycles. The number of benzene rings is 2. The number of nitrogens with one attached hydrogen (secondary N) is 3. The molecular formula is C23H27N4O3+. The summed E-state index contributed by atoms with van der Waals surface area (Å²) in [5.41, 5.74) is 1.45. The predicted octanol–water partition coefficient (Wildman–Crippen LogP) is 0.644. The molecular weight excluding hydrogens is 380 g/mol. The number of ketones is 1. The lowest BCUT2D eigenvalue weighted by molar-refractivity contribution is -0.904. The molecule has 1 heterocycles. The highest BCUT2D eigenvalue weighted by Crippen LogP contribution is 2.05. The molecule has 0 fully saturated rings. The van der Waals surface area contributed by atoms with E-state index in [2.05, 4.69) is 15.3 Å². The Morgan fingerprint density at radius 1 is 1.10 bits per heavy atom. The quantitative estimate of drug-likeness (QED) is 0.485. The Hall–Kier alpha value is -3.32. The van der Waals surface area contributed by atoms with Gasteiger partial charge in [-0.15, -0.1) is 0 Å². The second kappa shape index (κ2) is 9.93. The fourth-order valence-corrected chi connectivity index (χ4v) is 3.39. The lowest BCUT2D eigenvalue weighted by Gasteiger charge is -2.20. The number of H-pyrrole nitrogens is 1. The van der Waals surface area contributed by atoms with Gasteiger partial charge in [0.2, 0.25) is 0 Å². The second-order valence-electron chi connectivity index (χ2n) is 7.41. The molecule has 0 spiro atoms. The van der Waals surface area contributed by atoms with Crippen LogP contribution in [0.25, 0.3) is 10.9 Å². The standard InChI is InChI=1S/C23H26N4O3/c1-3-27(14-21-24-19-12-8-7-11-18(19)23(30)26-21)15-22(29)25-20(16(2)28)13-17-9-5-4-6-10-17/h4-12,20H,3,13-15H2,1-2H3,(H,25,29)(H,24,26,30)/p+1/t20-/m1/s1. The highest BCUT2D eigenvalue weighted by molar-refractivity contribution is 5.88. The van der Waals surface area contributed by atoms with Crippen molar-refractivity contribution in [2.45, 2.75) is 32.9 Å². The normalized spacial score (nSPS) is 13.0. The zero-order valence-electron chi connectivity index (χ0n) is 17.3. The van der Waals surface area contributed by atoms with Gasteiger partial charge in [-0.25, -0.2) is 4.98 Å². The Balaban J connectivity index is 1.65. The first-order chi connectivity index (χ1) is 14.5. The molecule has 0 radical (unpaired) electrons. The van der Waals surface area contributed by atoms with E-state index in [4.69, 9.17) is 0 Å². The van der Waals surface area contributed by atoms with Gasteiger partial charge >= 0.3 is 0 Å². The molecule has 1 aromatic heterocycles. The molecule has 0 aliphatic heterocycles. The molecule has 0 aliphatic carbocycles. The first kappa shape index (κ1) is 21.4. The second-order valence-corrected chi connectivity index (χ2v) is 7.41. The van der Waals surface area contributed by atoms with Crippen molar-refractivity contribution in [1.29, 1.82) is 0 Å². The van der Waals surface area contributed by atoms with Crippen LogP contribution < -0.4 is 15.8 Å². The van der Waals surface area contributed by atoms with Crippen molar-refractivity contribution in [2.75, 3.05) is 13.1 Å². The first-order valence-electron chi connectivity index (χ1n) is 10.1. The van der Waals surface area contributed by atoms with Crippen molar-refractivity contribution in [3.05, 3.63) is 76.3 Å². The van der Waals surface area contributed by atoms with Crippen LogP contribution in [0.15, 0.2) is 59.4 Å². The summed E-state index contributed by atoms with van der Waals surface area (Å²) in [5, 5.41) is 3.40. The fraction of sp³-hybridized carbons (Fsp3) is 0.304. The summed E-state index contributed by atoms with van der Waals surface area (Å²) < 4.78 is 0. The van der Waals surface area contributed by atoms with Crippen LogP contribution in [0.3, 0.4) is 0 Å². The van der Waals surface area contributed by atoms with Crippen molar-refractivity contribution >= 4 is 22.6 Å². The number of para-hydroxylation sites is 1. The van der Waals surface area contributed by atoms with Crippen molar-refractivity contribution in [2.24, 2.45) is 0 Å². The molecule has 7 nitrogen and oxygen atoms in total. The van der Waals surface area contributed by atoms with Crippen LogP contribution in [-0.4, -0.2) is 40.8 Å². The van der Waals surface area contributed by atoms with E-state index in [9.17, 15) is 14.4 Å². The number of likely N-dealkylation sites (N-methyl/N-ethyl adjacent to an activating group) is 1. The Morgan fingerprint density at radius 3 is 2.50 bits per heavy atom. The third kappa shape index (κ3) is 5.61. The molecule has 156 valence electrons. The third-order valence-electron chi connectivity index (χ3n) is 5.10. The fourth-order valence-electron chi connectivity index (χ4n) is 3.39. The SMILES string of the molecule is CC[NH+](CC(=O)N[C@H](Cc1ccccc1)C(C)=O)Cc1nc2ccccc2c(=O)[nH]1. The van der Waals surface area contributed by atoms with Crippen molar-refractivity contribution in [1.82, 2.24) is 15.3 Å². The van der Waals surface area contributed by atoms with E-state index in [0.717, 1.165) is 10.5 Å². The third-order valence-corrected chi connectivity index (χ3v) is 5.10. The number of rotatable bonds is 9. The van der Waals surface area contributed by atoms with Crippen LogP contribution in [-0.2, 0) is 22.6 Å². The van der Waals surface area contributed by atoms with Crippen LogP contribution in [0.4, 0.5) is 0 Å². The van der Waals surface area contributed by atoms with Gasteiger partial charge in [-0.2, -0.15) is 0 Å². The first-order valence-corrected chi connectivity index (χ1v) is 10.1. The molecule has 3 N–H and O–H groups in total. The number of nitrogens with zero attached hydrogens (tertiary/aromatic N) is 1. The van der Waals surface area contributed by atoms with E-state index in [-0.39, 0.29) is 23.8 Å². The van der Waals surface area contributed by atoms with E-state index >= 15 is 0 Å². The number of amides is 1. The van der Waals surface area contributed by atoms with E-state index in [0.29, 0.717) is 36.2 Å². The highest BCUT2D eigenvalue weighted by Gasteiger charge is 2.21. The number of carbonyl (C=O) groups is 2. The zero-order chi connectivity index (χ0) is 21.5. The van der Waals surface area contributed by atoms with Gasteiger partial charge < -0.3 is 15.2 Å². The van der Waals surface area contributed by atoms with Crippen molar-refractivity contribution in [3.63, 3.8) is 0 Å². The van der Waals surface area contributed by atoms with E-state index < -0.39 is 6.04 Å². The summed E-state index contributed by atoms with van der Waals surface area (Å²) in [6, 6.07) is 16.2. The van der Waals surface area contributed by atoms with E-state index in [1.54, 1.807) is 18.2 Å². The summed E-state index contributed by atoms with van der Waals surface area (Å²) in [4.78, 5) is 45.2. The molecule has 2 atom stereocenters. The van der Waals surface area contributed by atoms with Crippen LogP contribution in [0.2, 0.25) is 0 Å². The van der Waals surface area contributed by atoms with E-state index in [1.165, 1.54) is 6.92 Å². The van der Waals surface area contributed by atoms with Gasteiger partial charge in [-0.05, 0) is 38.0 Å². The largest absolute Gasteiger partial charge is 0.341 e. The van der Waals surface area contributed by atoms with Crippen LogP contribution in [0.1, 0.15) is 25.2 Å². The molecule has 0 bridgehead atoms. The number of aromatic amines is 1. The number of Topliss-reactive ketones (excluding diaryl/α,β-unsaturated/α-hetero) is 1. The summed E-state index contributed by atoms with van der Waals surface area (Å²) in [5.74, 6) is 0.257. The molecule has 0 saturated carbocycles. The van der Waals surface area contributed by atoms with E-state index in [1.807, 2.05) is 43.3 Å². The predicted molar refractivity (Wildman–Crippen MR) is 115 cm³/mol. The Morgan fingerprint density at radius 2 is 1.80 bits per heavy atom. The lowest BCUT2D eigenvalue weighted by Crippen LogP contribution is -3.11. The number of hydrogen-bond donors (Lipinski definition) is 3. The molecule has 0 saturated heterocycles. The topological polar surface area (TPSA) is 96.4 Å². The molecule has 1 amide bonds. The molecule has 7 heteroatoms. The Bertz CT molecular complexity index is 1080. The smallest absolute Gasteiger partial charge is 0.275 e. The van der Waals surface area contributed by atoms with Gasteiger partial charge in [-0.3, -0.25) is 14.4 Å². The maximum atomic E-state index is 12.6. The monoisotopic (exact) mass is 407 g/mol. The van der Waals surface area contributed by atoms with Crippen LogP contribution in [0.5, 0.6) is 0 Å². The minimum absolute atomic E-state index is 0.0780. The Kier molecular flexibility index (Phi) is 7.08. The summed E-state index contributed by atoms with van der Waals surface area (Å²) in [6.45, 7) is 4.72. The van der Waals surface area contributed by atoms with Crippen LogP contribution >= 0.6 is 0 Å². The molecule has 3 aromatic rings. The Labute approximate surface area is 175 Å². The minimum atomic E-state index is -0.559. The van der Waals surface area contributed by atoms with Gasteiger partial charge in [0.1, 0.15) is 6.54 Å². The van der Waals surface area contributed by atoms with Crippen molar-refractivity contribution in [3.8, 4) is 0 Å². The van der Waals surface area contributed by atoms with Gasteiger partial charge in [0.15, 0.2) is 18.2 Å². The number of hydrogen-bond acceptors (Lipinski definition) is 4.